The van der Waals surface area contributed by atoms with Crippen LogP contribution < -0.4 is 4.74 Å². The smallest absolute Gasteiger partial charge is 0.223 e. The van der Waals surface area contributed by atoms with Gasteiger partial charge in [0.25, 0.3) is 0 Å². The summed E-state index contributed by atoms with van der Waals surface area (Å²) in [5, 5.41) is 0. The van der Waals surface area contributed by atoms with Crippen molar-refractivity contribution in [2.45, 2.75) is 25.9 Å². The number of carbonyl (C=O) groups excluding carboxylic acids is 1. The van der Waals surface area contributed by atoms with Crippen LogP contribution in [0.25, 0.3) is 0 Å². The maximum atomic E-state index is 12.3. The van der Waals surface area contributed by atoms with Gasteiger partial charge in [-0.05, 0) is 40.0 Å². The second-order valence-corrected chi connectivity index (χ2v) is 6.07. The van der Waals surface area contributed by atoms with Crippen molar-refractivity contribution in [3.8, 4) is 5.75 Å². The van der Waals surface area contributed by atoms with E-state index in [0.717, 1.165) is 27.0 Å². The van der Waals surface area contributed by atoms with E-state index in [2.05, 4.69) is 25.9 Å². The number of rotatable bonds is 4. The molecular weight excluding hydrogens is 346 g/mol. The van der Waals surface area contributed by atoms with E-state index >= 15 is 0 Å². The SMILES string of the molecule is COc1ccc(CCC(=O)N2Cc3cncnc3C2)cc1Br. The Kier molecular flexibility index (Phi) is 4.38. The van der Waals surface area contributed by atoms with Gasteiger partial charge in [0.05, 0.1) is 23.8 Å². The van der Waals surface area contributed by atoms with Gasteiger partial charge in [0.2, 0.25) is 5.91 Å². The summed E-state index contributed by atoms with van der Waals surface area (Å²) < 4.78 is 6.11. The normalized spacial score (nSPS) is 13.1. The Hall–Kier alpha value is -1.95. The highest BCUT2D eigenvalue weighted by Gasteiger charge is 2.23. The Morgan fingerprint density at radius 1 is 1.41 bits per heavy atom. The summed E-state index contributed by atoms with van der Waals surface area (Å²) in [4.78, 5) is 22.4. The molecule has 0 saturated carbocycles. The lowest BCUT2D eigenvalue weighted by atomic mass is 10.1. The van der Waals surface area contributed by atoms with Crippen LogP contribution in [0.1, 0.15) is 23.2 Å². The molecule has 0 atom stereocenters. The number of methoxy groups -OCH3 is 1. The molecule has 0 unspecified atom stereocenters. The number of carbonyl (C=O) groups is 1. The van der Waals surface area contributed by atoms with Crippen LogP contribution in [-0.4, -0.2) is 27.9 Å². The summed E-state index contributed by atoms with van der Waals surface area (Å²) in [6, 6.07) is 5.89. The number of nitrogens with zero attached hydrogens (tertiary/aromatic N) is 3. The molecule has 6 heteroatoms. The van der Waals surface area contributed by atoms with Crippen LogP contribution in [0.15, 0.2) is 35.2 Å². The minimum atomic E-state index is 0.143. The van der Waals surface area contributed by atoms with Crippen LogP contribution in [0.5, 0.6) is 5.75 Å². The number of hydrogen-bond acceptors (Lipinski definition) is 4. The molecule has 22 heavy (non-hydrogen) atoms. The molecule has 0 aliphatic carbocycles. The fourth-order valence-electron chi connectivity index (χ4n) is 2.55. The maximum Gasteiger partial charge on any atom is 0.223 e. The van der Waals surface area contributed by atoms with E-state index in [0.29, 0.717) is 25.9 Å². The van der Waals surface area contributed by atoms with Crippen molar-refractivity contribution >= 4 is 21.8 Å². The molecule has 0 radical (unpaired) electrons. The van der Waals surface area contributed by atoms with Gasteiger partial charge in [-0.25, -0.2) is 9.97 Å². The van der Waals surface area contributed by atoms with Crippen LogP contribution in [-0.2, 0) is 24.3 Å². The highest BCUT2D eigenvalue weighted by atomic mass is 79.9. The Morgan fingerprint density at radius 2 is 2.27 bits per heavy atom. The fourth-order valence-corrected chi connectivity index (χ4v) is 3.14. The number of benzene rings is 1. The number of aromatic nitrogens is 2. The number of aryl methyl sites for hydroxylation is 1. The molecule has 2 heterocycles. The highest BCUT2D eigenvalue weighted by Crippen LogP contribution is 2.26. The minimum absolute atomic E-state index is 0.143. The van der Waals surface area contributed by atoms with Crippen molar-refractivity contribution in [3.63, 3.8) is 0 Å². The maximum absolute atomic E-state index is 12.3. The van der Waals surface area contributed by atoms with Crippen LogP contribution in [0.2, 0.25) is 0 Å². The average molecular weight is 362 g/mol. The van der Waals surface area contributed by atoms with Crippen LogP contribution in [0, 0.1) is 0 Å². The molecule has 0 spiro atoms. The molecule has 114 valence electrons. The van der Waals surface area contributed by atoms with E-state index in [1.54, 1.807) is 13.3 Å². The van der Waals surface area contributed by atoms with E-state index < -0.39 is 0 Å². The van der Waals surface area contributed by atoms with Gasteiger partial charge in [-0.15, -0.1) is 0 Å². The fraction of sp³-hybridized carbons (Fsp3) is 0.312. The number of ether oxygens (including phenoxy) is 1. The summed E-state index contributed by atoms with van der Waals surface area (Å²) in [5.41, 5.74) is 3.11. The lowest BCUT2D eigenvalue weighted by Crippen LogP contribution is -2.25. The van der Waals surface area contributed by atoms with Crippen molar-refractivity contribution in [2.24, 2.45) is 0 Å². The number of halogens is 1. The zero-order chi connectivity index (χ0) is 15.5. The monoisotopic (exact) mass is 361 g/mol. The summed E-state index contributed by atoms with van der Waals surface area (Å²) in [6.07, 6.45) is 4.51. The molecule has 5 nitrogen and oxygen atoms in total. The average Bonchev–Trinajstić information content (AvgIpc) is 2.97. The summed E-state index contributed by atoms with van der Waals surface area (Å²) in [5.74, 6) is 0.939. The molecule has 3 rings (SSSR count). The van der Waals surface area contributed by atoms with Crippen molar-refractivity contribution in [2.75, 3.05) is 7.11 Å². The first-order valence-corrected chi connectivity index (χ1v) is 7.84. The predicted octanol–water partition coefficient (Wildman–Crippen LogP) is 2.72. The van der Waals surface area contributed by atoms with Crippen LogP contribution in [0.3, 0.4) is 0 Å². The molecule has 0 fully saturated rings. The zero-order valence-electron chi connectivity index (χ0n) is 12.3. The second kappa shape index (κ2) is 6.44. The Bertz CT molecular complexity index is 681. The third-order valence-corrected chi connectivity index (χ3v) is 4.40. The van der Waals surface area contributed by atoms with Gasteiger partial charge in [0.1, 0.15) is 12.1 Å². The van der Waals surface area contributed by atoms with E-state index in [1.807, 2.05) is 23.1 Å². The first-order valence-electron chi connectivity index (χ1n) is 7.05. The van der Waals surface area contributed by atoms with Crippen molar-refractivity contribution in [1.29, 1.82) is 0 Å². The van der Waals surface area contributed by atoms with Gasteiger partial charge >= 0.3 is 0 Å². The molecule has 1 aromatic carbocycles. The molecule has 1 aliphatic rings. The van der Waals surface area contributed by atoms with Gasteiger partial charge in [-0.1, -0.05) is 6.07 Å². The molecule has 1 aliphatic heterocycles. The Balaban J connectivity index is 1.58. The molecule has 0 bridgehead atoms. The van der Waals surface area contributed by atoms with Gasteiger partial charge in [0, 0.05) is 24.7 Å². The Labute approximate surface area is 137 Å². The summed E-state index contributed by atoms with van der Waals surface area (Å²) in [7, 11) is 1.64. The second-order valence-electron chi connectivity index (χ2n) is 5.21. The third-order valence-electron chi connectivity index (χ3n) is 3.78. The predicted molar refractivity (Wildman–Crippen MR) is 85.3 cm³/mol. The first-order chi connectivity index (χ1) is 10.7. The zero-order valence-corrected chi connectivity index (χ0v) is 13.8. The largest absolute Gasteiger partial charge is 0.496 e. The van der Waals surface area contributed by atoms with E-state index in [4.69, 9.17) is 4.74 Å². The molecule has 2 aromatic rings. The van der Waals surface area contributed by atoms with E-state index in [-0.39, 0.29) is 5.91 Å². The summed E-state index contributed by atoms with van der Waals surface area (Å²) in [6.45, 7) is 1.20. The number of hydrogen-bond donors (Lipinski definition) is 0. The highest BCUT2D eigenvalue weighted by molar-refractivity contribution is 9.10. The quantitative estimate of drug-likeness (QED) is 0.839. The summed E-state index contributed by atoms with van der Waals surface area (Å²) >= 11 is 3.46. The Morgan fingerprint density at radius 3 is 3.00 bits per heavy atom. The minimum Gasteiger partial charge on any atom is -0.496 e. The van der Waals surface area contributed by atoms with Gasteiger partial charge in [-0.3, -0.25) is 4.79 Å². The number of amides is 1. The number of fused-ring (bicyclic) bond motifs is 1. The van der Waals surface area contributed by atoms with Gasteiger partial charge < -0.3 is 9.64 Å². The van der Waals surface area contributed by atoms with Crippen LogP contribution >= 0.6 is 15.9 Å². The molecular formula is C16H16BrN3O2. The molecule has 1 amide bonds. The van der Waals surface area contributed by atoms with Crippen molar-refractivity contribution < 1.29 is 9.53 Å². The van der Waals surface area contributed by atoms with Gasteiger partial charge in [0.15, 0.2) is 0 Å². The molecule has 0 saturated heterocycles. The molecule has 0 N–H and O–H groups in total. The lowest BCUT2D eigenvalue weighted by Gasteiger charge is -2.15. The first kappa shape index (κ1) is 15.0. The standard InChI is InChI=1S/C16H16BrN3O2/c1-22-15-4-2-11(6-13(15)17)3-5-16(21)20-8-12-7-18-10-19-14(12)9-20/h2,4,6-7,10H,3,5,8-9H2,1H3. The lowest BCUT2D eigenvalue weighted by molar-refractivity contribution is -0.131. The van der Waals surface area contributed by atoms with Crippen molar-refractivity contribution in [3.05, 3.63) is 52.0 Å². The third kappa shape index (κ3) is 3.11. The molecule has 1 aromatic heterocycles. The van der Waals surface area contributed by atoms with E-state index in [1.165, 1.54) is 6.33 Å². The van der Waals surface area contributed by atoms with Gasteiger partial charge in [-0.2, -0.15) is 0 Å². The van der Waals surface area contributed by atoms with Crippen molar-refractivity contribution in [1.82, 2.24) is 14.9 Å². The van der Waals surface area contributed by atoms with E-state index in [9.17, 15) is 4.79 Å². The topological polar surface area (TPSA) is 55.3 Å². The van der Waals surface area contributed by atoms with Crippen LogP contribution in [0.4, 0.5) is 0 Å².